The first-order chi connectivity index (χ1) is 8.34. The first-order valence-electron chi connectivity index (χ1n) is 5.14. The summed E-state index contributed by atoms with van der Waals surface area (Å²) in [6, 6.07) is 8.53. The van der Waals surface area contributed by atoms with Crippen molar-refractivity contribution in [3.8, 4) is 16.9 Å². The monoisotopic (exact) mass is 228 g/mol. The molecule has 17 heavy (non-hydrogen) atoms. The third kappa shape index (κ3) is 1.71. The van der Waals surface area contributed by atoms with Crippen LogP contribution in [-0.2, 0) is 0 Å². The highest BCUT2D eigenvalue weighted by molar-refractivity contribution is 5.60. The Balaban J connectivity index is 2.06. The summed E-state index contributed by atoms with van der Waals surface area (Å²) in [5.74, 6) is -0.319. The molecule has 0 saturated heterocycles. The molecule has 5 heteroatoms. The van der Waals surface area contributed by atoms with Crippen LogP contribution >= 0.6 is 0 Å². The highest BCUT2D eigenvalue weighted by atomic mass is 19.1. The number of hydrogen-bond acceptors (Lipinski definition) is 2. The summed E-state index contributed by atoms with van der Waals surface area (Å²) >= 11 is 0. The number of benzene rings is 1. The molecule has 0 atom stereocenters. The predicted octanol–water partition coefficient (Wildman–Crippen LogP) is 2.40. The fourth-order valence-corrected chi connectivity index (χ4v) is 1.69. The summed E-state index contributed by atoms with van der Waals surface area (Å²) in [5, 5.41) is 10.6. The Labute approximate surface area is 96.7 Å². The summed E-state index contributed by atoms with van der Waals surface area (Å²) in [6.07, 6.45) is 4.95. The van der Waals surface area contributed by atoms with Crippen molar-refractivity contribution in [1.82, 2.24) is 20.0 Å². The maximum atomic E-state index is 13.9. The molecular formula is C12H9FN4. The number of H-pyrrole nitrogens is 1. The molecular weight excluding hydrogens is 219 g/mol. The van der Waals surface area contributed by atoms with Gasteiger partial charge in [0.15, 0.2) is 0 Å². The van der Waals surface area contributed by atoms with Crippen LogP contribution in [0.2, 0.25) is 0 Å². The molecule has 0 aliphatic carbocycles. The molecule has 1 aromatic carbocycles. The summed E-state index contributed by atoms with van der Waals surface area (Å²) in [5.41, 5.74) is 1.98. The Morgan fingerprint density at radius 1 is 1.18 bits per heavy atom. The number of nitrogens with one attached hydrogen (secondary N) is 1. The van der Waals surface area contributed by atoms with Crippen LogP contribution in [0.25, 0.3) is 16.9 Å². The molecule has 0 amide bonds. The van der Waals surface area contributed by atoms with Gasteiger partial charge in [0.2, 0.25) is 0 Å². The Morgan fingerprint density at radius 2 is 2.12 bits per heavy atom. The first-order valence-corrected chi connectivity index (χ1v) is 5.14. The van der Waals surface area contributed by atoms with Crippen LogP contribution < -0.4 is 0 Å². The SMILES string of the molecule is Fc1cc(-c2ccn[nH]2)ccc1-n1cccn1. The Kier molecular flexibility index (Phi) is 2.22. The minimum absolute atomic E-state index is 0.319. The topological polar surface area (TPSA) is 46.5 Å². The average Bonchev–Trinajstić information content (AvgIpc) is 3.02. The van der Waals surface area contributed by atoms with Crippen LogP contribution in [0.1, 0.15) is 0 Å². The van der Waals surface area contributed by atoms with Crippen LogP contribution in [-0.4, -0.2) is 20.0 Å². The molecule has 0 radical (unpaired) electrons. The molecule has 1 N–H and O–H groups in total. The van der Waals surface area contributed by atoms with Crippen molar-refractivity contribution in [3.63, 3.8) is 0 Å². The van der Waals surface area contributed by atoms with Gasteiger partial charge in [0.05, 0.1) is 5.69 Å². The zero-order chi connectivity index (χ0) is 11.7. The van der Waals surface area contributed by atoms with Crippen molar-refractivity contribution < 1.29 is 4.39 Å². The largest absolute Gasteiger partial charge is 0.278 e. The van der Waals surface area contributed by atoms with Gasteiger partial charge in [-0.2, -0.15) is 10.2 Å². The standard InChI is InChI=1S/C12H9FN4/c13-10-8-9(11-4-6-14-16-11)2-3-12(10)17-7-1-5-15-17/h1-8H,(H,14,16). The summed E-state index contributed by atoms with van der Waals surface area (Å²) in [6.45, 7) is 0. The van der Waals surface area contributed by atoms with Gasteiger partial charge in [-0.05, 0) is 24.3 Å². The normalized spacial score (nSPS) is 10.6. The average molecular weight is 228 g/mol. The van der Waals surface area contributed by atoms with Crippen molar-refractivity contribution in [2.75, 3.05) is 0 Å². The third-order valence-electron chi connectivity index (χ3n) is 2.51. The lowest BCUT2D eigenvalue weighted by Gasteiger charge is -2.04. The number of aromatic nitrogens is 4. The van der Waals surface area contributed by atoms with E-state index >= 15 is 0 Å². The number of hydrogen-bond donors (Lipinski definition) is 1. The lowest BCUT2D eigenvalue weighted by atomic mass is 10.1. The molecule has 3 aromatic rings. The maximum absolute atomic E-state index is 13.9. The molecule has 0 spiro atoms. The van der Waals surface area contributed by atoms with Gasteiger partial charge in [0.1, 0.15) is 11.5 Å². The second kappa shape index (κ2) is 3.86. The Hall–Kier alpha value is -2.43. The van der Waals surface area contributed by atoms with E-state index in [9.17, 15) is 4.39 Å². The first kappa shape index (κ1) is 9.77. The second-order valence-corrected chi connectivity index (χ2v) is 3.59. The van der Waals surface area contributed by atoms with E-state index in [1.165, 1.54) is 10.7 Å². The highest BCUT2D eigenvalue weighted by Gasteiger charge is 2.07. The zero-order valence-corrected chi connectivity index (χ0v) is 8.84. The molecule has 0 aliphatic heterocycles. The molecule has 84 valence electrons. The van der Waals surface area contributed by atoms with Crippen LogP contribution in [0.3, 0.4) is 0 Å². The predicted molar refractivity (Wildman–Crippen MR) is 61.1 cm³/mol. The van der Waals surface area contributed by atoms with E-state index in [1.807, 2.05) is 6.07 Å². The lowest BCUT2D eigenvalue weighted by molar-refractivity contribution is 0.611. The maximum Gasteiger partial charge on any atom is 0.149 e. The van der Waals surface area contributed by atoms with Gasteiger partial charge < -0.3 is 0 Å². The second-order valence-electron chi connectivity index (χ2n) is 3.59. The molecule has 4 nitrogen and oxygen atoms in total. The van der Waals surface area contributed by atoms with Gasteiger partial charge in [-0.3, -0.25) is 5.10 Å². The molecule has 0 saturated carbocycles. The van der Waals surface area contributed by atoms with Crippen molar-refractivity contribution in [2.45, 2.75) is 0 Å². The van der Waals surface area contributed by atoms with Gasteiger partial charge >= 0.3 is 0 Å². The number of halogens is 1. The highest BCUT2D eigenvalue weighted by Crippen LogP contribution is 2.21. The van der Waals surface area contributed by atoms with Gasteiger partial charge in [0, 0.05) is 24.2 Å². The van der Waals surface area contributed by atoms with Crippen molar-refractivity contribution in [3.05, 3.63) is 54.7 Å². The van der Waals surface area contributed by atoms with E-state index < -0.39 is 0 Å². The van der Waals surface area contributed by atoms with Crippen molar-refractivity contribution in [2.24, 2.45) is 0 Å². The Morgan fingerprint density at radius 3 is 2.76 bits per heavy atom. The number of nitrogens with zero attached hydrogens (tertiary/aromatic N) is 3. The lowest BCUT2D eigenvalue weighted by Crippen LogP contribution is -1.98. The Bertz CT molecular complexity index is 614. The van der Waals surface area contributed by atoms with Crippen LogP contribution in [0.5, 0.6) is 0 Å². The molecule has 2 aromatic heterocycles. The van der Waals surface area contributed by atoms with Gasteiger partial charge in [-0.15, -0.1) is 0 Å². The van der Waals surface area contributed by atoms with Crippen molar-refractivity contribution >= 4 is 0 Å². The van der Waals surface area contributed by atoms with E-state index in [0.29, 0.717) is 5.69 Å². The van der Waals surface area contributed by atoms with E-state index in [2.05, 4.69) is 15.3 Å². The zero-order valence-electron chi connectivity index (χ0n) is 8.84. The fourth-order valence-electron chi connectivity index (χ4n) is 1.69. The van der Waals surface area contributed by atoms with Gasteiger partial charge in [-0.1, -0.05) is 6.07 Å². The van der Waals surface area contributed by atoms with E-state index in [4.69, 9.17) is 0 Å². The summed E-state index contributed by atoms with van der Waals surface area (Å²) < 4.78 is 15.4. The molecule has 0 aliphatic rings. The molecule has 0 fully saturated rings. The molecule has 2 heterocycles. The summed E-state index contributed by atoms with van der Waals surface area (Å²) in [7, 11) is 0. The smallest absolute Gasteiger partial charge is 0.149 e. The van der Waals surface area contributed by atoms with Crippen LogP contribution in [0.15, 0.2) is 48.9 Å². The fraction of sp³-hybridized carbons (Fsp3) is 0. The van der Waals surface area contributed by atoms with Crippen LogP contribution in [0.4, 0.5) is 4.39 Å². The third-order valence-corrected chi connectivity index (χ3v) is 2.51. The van der Waals surface area contributed by atoms with E-state index in [1.54, 1.807) is 36.8 Å². The molecule has 0 unspecified atom stereocenters. The van der Waals surface area contributed by atoms with E-state index in [0.717, 1.165) is 11.3 Å². The quantitative estimate of drug-likeness (QED) is 0.732. The minimum Gasteiger partial charge on any atom is -0.278 e. The van der Waals surface area contributed by atoms with Gasteiger partial charge in [-0.25, -0.2) is 9.07 Å². The molecule has 0 bridgehead atoms. The van der Waals surface area contributed by atoms with Crippen molar-refractivity contribution in [1.29, 1.82) is 0 Å². The number of rotatable bonds is 2. The minimum atomic E-state index is -0.319. The molecule has 3 rings (SSSR count). The van der Waals surface area contributed by atoms with E-state index in [-0.39, 0.29) is 5.82 Å². The number of aromatic amines is 1. The summed E-state index contributed by atoms with van der Waals surface area (Å²) in [4.78, 5) is 0. The van der Waals surface area contributed by atoms with Gasteiger partial charge in [0.25, 0.3) is 0 Å². The van der Waals surface area contributed by atoms with Crippen LogP contribution in [0, 0.1) is 5.82 Å².